The van der Waals surface area contributed by atoms with Crippen molar-refractivity contribution in [1.82, 2.24) is 9.78 Å². The number of methoxy groups -OCH3 is 1. The quantitative estimate of drug-likeness (QED) is 0.914. The highest BCUT2D eigenvalue weighted by Crippen LogP contribution is 2.29. The van der Waals surface area contributed by atoms with E-state index in [1.807, 2.05) is 32.0 Å². The summed E-state index contributed by atoms with van der Waals surface area (Å²) in [7, 11) is 1.63. The van der Waals surface area contributed by atoms with E-state index < -0.39 is 0 Å². The average Bonchev–Trinajstić information content (AvgIpc) is 2.49. The number of rotatable bonds is 5. The predicted molar refractivity (Wildman–Crippen MR) is 83.4 cm³/mol. The van der Waals surface area contributed by atoms with Gasteiger partial charge in [-0.3, -0.25) is 4.79 Å². The molecule has 5 heteroatoms. The first kappa shape index (κ1) is 15.3. The van der Waals surface area contributed by atoms with Crippen LogP contribution in [-0.4, -0.2) is 16.9 Å². The molecule has 112 valence electrons. The molecule has 2 N–H and O–H groups in total. The van der Waals surface area contributed by atoms with Crippen LogP contribution in [0.4, 0.5) is 0 Å². The summed E-state index contributed by atoms with van der Waals surface area (Å²) in [6, 6.07) is 7.64. The van der Waals surface area contributed by atoms with Crippen LogP contribution in [0.25, 0.3) is 11.3 Å². The number of nitrogens with zero attached hydrogens (tertiary/aromatic N) is 2. The number of ether oxygens (including phenoxy) is 1. The lowest BCUT2D eigenvalue weighted by Crippen LogP contribution is -2.28. The largest absolute Gasteiger partial charge is 0.496 e. The van der Waals surface area contributed by atoms with Crippen molar-refractivity contribution in [2.24, 2.45) is 5.73 Å². The minimum absolute atomic E-state index is 0.116. The summed E-state index contributed by atoms with van der Waals surface area (Å²) in [6.45, 7) is 4.80. The summed E-state index contributed by atoms with van der Waals surface area (Å²) in [6.07, 6.45) is 0.839. The third-order valence-electron chi connectivity index (χ3n) is 3.33. The van der Waals surface area contributed by atoms with Gasteiger partial charge < -0.3 is 10.5 Å². The molecule has 0 atom stereocenters. The van der Waals surface area contributed by atoms with Crippen LogP contribution in [0.1, 0.15) is 24.5 Å². The Bertz CT molecular complexity index is 692. The molecule has 0 aliphatic heterocycles. The van der Waals surface area contributed by atoms with E-state index in [1.165, 1.54) is 4.68 Å². The standard InChI is InChI=1S/C16H21N3O2/c1-4-7-19-16(20)12(10-17)9-14(18-19)13-8-11(2)5-6-15(13)21-3/h5-6,8-9H,4,7,10,17H2,1-3H3. The Morgan fingerprint density at radius 3 is 2.71 bits per heavy atom. The summed E-state index contributed by atoms with van der Waals surface area (Å²) in [5.41, 5.74) is 8.83. The highest BCUT2D eigenvalue weighted by molar-refractivity contribution is 5.68. The zero-order valence-corrected chi connectivity index (χ0v) is 12.7. The van der Waals surface area contributed by atoms with Gasteiger partial charge in [0.2, 0.25) is 0 Å². The van der Waals surface area contributed by atoms with Crippen LogP contribution in [0, 0.1) is 6.92 Å². The minimum Gasteiger partial charge on any atom is -0.496 e. The van der Waals surface area contributed by atoms with E-state index in [4.69, 9.17) is 10.5 Å². The van der Waals surface area contributed by atoms with Crippen LogP contribution >= 0.6 is 0 Å². The first-order valence-electron chi connectivity index (χ1n) is 7.06. The highest BCUT2D eigenvalue weighted by atomic mass is 16.5. The van der Waals surface area contributed by atoms with E-state index in [0.717, 1.165) is 23.3 Å². The second-order valence-corrected chi connectivity index (χ2v) is 4.99. The van der Waals surface area contributed by atoms with Gasteiger partial charge in [0, 0.05) is 24.2 Å². The van der Waals surface area contributed by atoms with Gasteiger partial charge in [-0.1, -0.05) is 18.6 Å². The molecular formula is C16H21N3O2. The molecule has 0 unspecified atom stereocenters. The Hall–Kier alpha value is -2.14. The van der Waals surface area contributed by atoms with Crippen molar-refractivity contribution in [3.05, 3.63) is 45.7 Å². The Morgan fingerprint density at radius 2 is 2.10 bits per heavy atom. The second-order valence-electron chi connectivity index (χ2n) is 4.99. The number of benzene rings is 1. The minimum atomic E-state index is -0.116. The number of aromatic nitrogens is 2. The molecule has 2 rings (SSSR count). The number of nitrogens with two attached hydrogens (primary N) is 1. The van der Waals surface area contributed by atoms with E-state index >= 15 is 0 Å². The van der Waals surface area contributed by atoms with Crippen molar-refractivity contribution in [2.45, 2.75) is 33.4 Å². The van der Waals surface area contributed by atoms with Crippen molar-refractivity contribution in [3.63, 3.8) is 0 Å². The molecule has 21 heavy (non-hydrogen) atoms. The van der Waals surface area contributed by atoms with Gasteiger partial charge in [-0.15, -0.1) is 0 Å². The van der Waals surface area contributed by atoms with Crippen LogP contribution in [0.5, 0.6) is 5.75 Å². The monoisotopic (exact) mass is 287 g/mol. The normalized spacial score (nSPS) is 10.7. The van der Waals surface area contributed by atoms with E-state index in [9.17, 15) is 4.79 Å². The molecule has 0 saturated heterocycles. The van der Waals surface area contributed by atoms with Crippen LogP contribution in [-0.2, 0) is 13.1 Å². The van der Waals surface area contributed by atoms with Gasteiger partial charge in [0.05, 0.1) is 12.8 Å². The molecule has 2 aromatic rings. The zero-order valence-electron chi connectivity index (χ0n) is 12.7. The fourth-order valence-corrected chi connectivity index (χ4v) is 2.26. The van der Waals surface area contributed by atoms with Crippen molar-refractivity contribution in [3.8, 4) is 17.0 Å². The molecule has 0 bridgehead atoms. The summed E-state index contributed by atoms with van der Waals surface area (Å²) in [4.78, 5) is 12.2. The van der Waals surface area contributed by atoms with Crippen LogP contribution in [0.3, 0.4) is 0 Å². The molecule has 0 aliphatic rings. The van der Waals surface area contributed by atoms with Crippen molar-refractivity contribution in [1.29, 1.82) is 0 Å². The maximum absolute atomic E-state index is 12.2. The SMILES string of the molecule is CCCn1nc(-c2cc(C)ccc2OC)cc(CN)c1=O. The van der Waals surface area contributed by atoms with Gasteiger partial charge in [-0.05, 0) is 31.5 Å². The highest BCUT2D eigenvalue weighted by Gasteiger charge is 2.12. The number of aryl methyl sites for hydroxylation is 2. The molecule has 0 spiro atoms. The van der Waals surface area contributed by atoms with Gasteiger partial charge in [0.1, 0.15) is 5.75 Å². The third kappa shape index (κ3) is 3.13. The lowest BCUT2D eigenvalue weighted by atomic mass is 10.1. The van der Waals surface area contributed by atoms with E-state index in [0.29, 0.717) is 17.8 Å². The van der Waals surface area contributed by atoms with E-state index in [1.54, 1.807) is 13.2 Å². The second kappa shape index (κ2) is 6.54. The molecule has 0 radical (unpaired) electrons. The Labute approximate surface area is 124 Å². The summed E-state index contributed by atoms with van der Waals surface area (Å²) >= 11 is 0. The van der Waals surface area contributed by atoms with Gasteiger partial charge in [-0.25, -0.2) is 4.68 Å². The first-order valence-corrected chi connectivity index (χ1v) is 7.06. The molecule has 1 aromatic heterocycles. The van der Waals surface area contributed by atoms with Crippen LogP contribution in [0.2, 0.25) is 0 Å². The van der Waals surface area contributed by atoms with E-state index in [-0.39, 0.29) is 12.1 Å². The summed E-state index contributed by atoms with van der Waals surface area (Å²) in [5.74, 6) is 0.734. The van der Waals surface area contributed by atoms with Crippen molar-refractivity contribution >= 4 is 0 Å². The molecule has 1 aromatic carbocycles. The Kier molecular flexibility index (Phi) is 4.75. The number of hydrogen-bond donors (Lipinski definition) is 1. The molecule has 0 amide bonds. The van der Waals surface area contributed by atoms with Crippen molar-refractivity contribution < 1.29 is 4.74 Å². The molecule has 0 saturated carbocycles. The first-order chi connectivity index (χ1) is 10.1. The van der Waals surface area contributed by atoms with Gasteiger partial charge >= 0.3 is 0 Å². The molecule has 0 aliphatic carbocycles. The van der Waals surface area contributed by atoms with Gasteiger partial charge in [-0.2, -0.15) is 5.10 Å². The summed E-state index contributed by atoms with van der Waals surface area (Å²) < 4.78 is 6.89. The average molecular weight is 287 g/mol. The fourth-order valence-electron chi connectivity index (χ4n) is 2.26. The lowest BCUT2D eigenvalue weighted by molar-refractivity contribution is 0.416. The molecule has 5 nitrogen and oxygen atoms in total. The maximum atomic E-state index is 12.2. The summed E-state index contributed by atoms with van der Waals surface area (Å²) in [5, 5.41) is 4.46. The topological polar surface area (TPSA) is 70.1 Å². The zero-order chi connectivity index (χ0) is 15.4. The number of hydrogen-bond acceptors (Lipinski definition) is 4. The molecular weight excluding hydrogens is 266 g/mol. The van der Waals surface area contributed by atoms with Crippen LogP contribution < -0.4 is 16.0 Å². The van der Waals surface area contributed by atoms with Gasteiger partial charge in [0.25, 0.3) is 5.56 Å². The smallest absolute Gasteiger partial charge is 0.271 e. The maximum Gasteiger partial charge on any atom is 0.271 e. The molecule has 1 heterocycles. The predicted octanol–water partition coefficient (Wildman–Crippen LogP) is 2.10. The Morgan fingerprint density at radius 1 is 1.33 bits per heavy atom. The van der Waals surface area contributed by atoms with Crippen molar-refractivity contribution in [2.75, 3.05) is 7.11 Å². The van der Waals surface area contributed by atoms with Gasteiger partial charge in [0.15, 0.2) is 0 Å². The van der Waals surface area contributed by atoms with E-state index in [2.05, 4.69) is 5.10 Å². The fraction of sp³-hybridized carbons (Fsp3) is 0.375. The van der Waals surface area contributed by atoms with Crippen LogP contribution in [0.15, 0.2) is 29.1 Å². The third-order valence-corrected chi connectivity index (χ3v) is 3.33. The lowest BCUT2D eigenvalue weighted by Gasteiger charge is -2.12. The Balaban J connectivity index is 2.66. The molecule has 0 fully saturated rings.